The van der Waals surface area contributed by atoms with E-state index < -0.39 is 12.2 Å². The molecular formula is C20H22O9. The summed E-state index contributed by atoms with van der Waals surface area (Å²) in [5.74, 6) is 0.444. The van der Waals surface area contributed by atoms with Gasteiger partial charge < -0.3 is 33.3 Å². The number of ketones is 1. The number of Topliss-reactive ketones (excluding diaryl/α,β-unsaturated/α-hetero) is 1. The molecule has 3 rings (SSSR count). The van der Waals surface area contributed by atoms with Crippen molar-refractivity contribution in [3.8, 4) is 28.7 Å². The van der Waals surface area contributed by atoms with Gasteiger partial charge in [0.1, 0.15) is 5.92 Å². The monoisotopic (exact) mass is 406 g/mol. The summed E-state index contributed by atoms with van der Waals surface area (Å²) in [5, 5.41) is 8.75. The van der Waals surface area contributed by atoms with Crippen molar-refractivity contribution in [1.82, 2.24) is 0 Å². The minimum Gasteiger partial charge on any atom is -0.493 e. The highest BCUT2D eigenvalue weighted by Crippen LogP contribution is 2.52. The van der Waals surface area contributed by atoms with E-state index in [2.05, 4.69) is 4.89 Å². The van der Waals surface area contributed by atoms with Gasteiger partial charge in [0, 0.05) is 25.3 Å². The van der Waals surface area contributed by atoms with Crippen LogP contribution in [0.2, 0.25) is 0 Å². The first-order chi connectivity index (χ1) is 14.1. The molecule has 0 spiro atoms. The molecule has 1 heterocycles. The molecule has 0 bridgehead atoms. The third-order valence-corrected chi connectivity index (χ3v) is 4.61. The highest BCUT2D eigenvalue weighted by atomic mass is 17.1. The summed E-state index contributed by atoms with van der Waals surface area (Å²) in [4.78, 5) is 17.6. The zero-order valence-electron chi connectivity index (χ0n) is 16.5. The molecule has 1 unspecified atom stereocenters. The van der Waals surface area contributed by atoms with Crippen LogP contribution in [-0.2, 0) is 9.47 Å². The van der Waals surface area contributed by atoms with Crippen LogP contribution in [0.25, 0.3) is 0 Å². The second-order valence-corrected chi connectivity index (χ2v) is 6.06. The summed E-state index contributed by atoms with van der Waals surface area (Å²) in [6, 6.07) is 7.64. The van der Waals surface area contributed by atoms with Gasteiger partial charge in [0.15, 0.2) is 29.3 Å². The van der Waals surface area contributed by atoms with Crippen molar-refractivity contribution in [2.75, 3.05) is 35.2 Å². The standard InChI is InChI=1S/C20H22O9/c1-23-14-9-13(17(24-2)19-18(14)27-10-28-19)15(20(25-3)26-4)16(21)11-5-7-12(29-22)8-6-11/h5-9,15,20,22H,10H2,1-4H3. The quantitative estimate of drug-likeness (QED) is 0.291. The molecule has 1 atom stereocenters. The van der Waals surface area contributed by atoms with Gasteiger partial charge in [-0.05, 0) is 30.3 Å². The van der Waals surface area contributed by atoms with Crippen LogP contribution in [0, 0.1) is 0 Å². The first kappa shape index (κ1) is 20.7. The summed E-state index contributed by atoms with van der Waals surface area (Å²) < 4.78 is 32.8. The van der Waals surface area contributed by atoms with Crippen LogP contribution in [-0.4, -0.2) is 52.6 Å². The Morgan fingerprint density at radius 1 is 1.00 bits per heavy atom. The normalized spacial score (nSPS) is 13.3. The fraction of sp³-hybridized carbons (Fsp3) is 0.350. The number of benzene rings is 2. The highest BCUT2D eigenvalue weighted by Gasteiger charge is 2.38. The lowest BCUT2D eigenvalue weighted by atomic mass is 9.88. The Labute approximate surface area is 167 Å². The smallest absolute Gasteiger partial charge is 0.231 e. The second-order valence-electron chi connectivity index (χ2n) is 6.06. The molecule has 1 N–H and O–H groups in total. The molecule has 1 aliphatic heterocycles. The van der Waals surface area contributed by atoms with Crippen molar-refractivity contribution in [3.63, 3.8) is 0 Å². The fourth-order valence-corrected chi connectivity index (χ4v) is 3.27. The summed E-state index contributed by atoms with van der Waals surface area (Å²) in [7, 11) is 5.83. The van der Waals surface area contributed by atoms with Gasteiger partial charge in [0.05, 0.1) is 14.2 Å². The van der Waals surface area contributed by atoms with Gasteiger partial charge in [0.25, 0.3) is 0 Å². The molecule has 9 nitrogen and oxygen atoms in total. The van der Waals surface area contributed by atoms with Gasteiger partial charge in [0.2, 0.25) is 18.3 Å². The molecule has 0 aromatic heterocycles. The van der Waals surface area contributed by atoms with E-state index in [1.54, 1.807) is 6.07 Å². The van der Waals surface area contributed by atoms with Gasteiger partial charge in [-0.15, -0.1) is 0 Å². The van der Waals surface area contributed by atoms with Crippen LogP contribution in [0.15, 0.2) is 30.3 Å². The maximum atomic E-state index is 13.4. The molecule has 2 aromatic rings. The summed E-state index contributed by atoms with van der Waals surface area (Å²) in [5.41, 5.74) is 0.809. The molecule has 0 aliphatic carbocycles. The first-order valence-electron chi connectivity index (χ1n) is 8.65. The SMILES string of the molecule is COc1cc(C(C(=O)c2ccc(OO)cc2)C(OC)OC)c(OC)c2c1OCO2. The zero-order chi connectivity index (χ0) is 21.0. The van der Waals surface area contributed by atoms with E-state index in [4.69, 9.17) is 33.7 Å². The largest absolute Gasteiger partial charge is 0.493 e. The van der Waals surface area contributed by atoms with Gasteiger partial charge in [-0.2, -0.15) is 0 Å². The van der Waals surface area contributed by atoms with Crippen LogP contribution in [0.5, 0.6) is 28.7 Å². The second kappa shape index (κ2) is 8.99. The van der Waals surface area contributed by atoms with Crippen LogP contribution in [0.4, 0.5) is 0 Å². The summed E-state index contributed by atoms with van der Waals surface area (Å²) in [6.45, 7) is 0.00469. The first-order valence-corrected chi connectivity index (χ1v) is 8.65. The Morgan fingerprint density at radius 2 is 1.66 bits per heavy atom. The predicted octanol–water partition coefficient (Wildman–Crippen LogP) is 2.87. The number of fused-ring (bicyclic) bond motifs is 1. The lowest BCUT2D eigenvalue weighted by Crippen LogP contribution is -2.30. The van der Waals surface area contributed by atoms with Crippen molar-refractivity contribution >= 4 is 5.78 Å². The van der Waals surface area contributed by atoms with E-state index in [1.807, 2.05) is 0 Å². The van der Waals surface area contributed by atoms with Gasteiger partial charge in [-0.1, -0.05) is 0 Å². The van der Waals surface area contributed by atoms with E-state index >= 15 is 0 Å². The number of hydrogen-bond acceptors (Lipinski definition) is 9. The minimum atomic E-state index is -0.921. The average molecular weight is 406 g/mol. The van der Waals surface area contributed by atoms with Crippen molar-refractivity contribution in [2.24, 2.45) is 0 Å². The molecule has 0 fully saturated rings. The Bertz CT molecular complexity index is 859. The highest BCUT2D eigenvalue weighted by molar-refractivity contribution is 6.02. The van der Waals surface area contributed by atoms with Gasteiger partial charge in [-0.25, -0.2) is 5.26 Å². The third-order valence-electron chi connectivity index (χ3n) is 4.61. The molecular weight excluding hydrogens is 384 g/mol. The van der Waals surface area contributed by atoms with Crippen molar-refractivity contribution in [3.05, 3.63) is 41.5 Å². The third kappa shape index (κ3) is 3.80. The van der Waals surface area contributed by atoms with Crippen LogP contribution in [0.1, 0.15) is 21.8 Å². The number of carbonyl (C=O) groups is 1. The molecule has 0 saturated carbocycles. The van der Waals surface area contributed by atoms with E-state index in [-0.39, 0.29) is 18.3 Å². The Kier molecular flexibility index (Phi) is 6.42. The minimum absolute atomic E-state index is 0.00469. The molecule has 156 valence electrons. The summed E-state index contributed by atoms with van der Waals surface area (Å²) in [6.07, 6.45) is -0.921. The van der Waals surface area contributed by atoms with Crippen molar-refractivity contribution in [2.45, 2.75) is 12.2 Å². The number of methoxy groups -OCH3 is 4. The fourth-order valence-electron chi connectivity index (χ4n) is 3.27. The Balaban J connectivity index is 2.15. The molecule has 1 aliphatic rings. The maximum absolute atomic E-state index is 13.4. The number of hydrogen-bond donors (Lipinski definition) is 1. The lowest BCUT2D eigenvalue weighted by molar-refractivity contribution is -0.137. The van der Waals surface area contributed by atoms with Crippen LogP contribution >= 0.6 is 0 Å². The molecule has 9 heteroatoms. The van der Waals surface area contributed by atoms with Gasteiger partial charge >= 0.3 is 0 Å². The van der Waals surface area contributed by atoms with Gasteiger partial charge in [-0.3, -0.25) is 4.79 Å². The van der Waals surface area contributed by atoms with Crippen molar-refractivity contribution < 1.29 is 43.4 Å². The molecule has 0 amide bonds. The number of rotatable bonds is 9. The van der Waals surface area contributed by atoms with Crippen LogP contribution in [0.3, 0.4) is 0 Å². The Hall–Kier alpha value is -3.01. The van der Waals surface area contributed by atoms with E-state index in [9.17, 15) is 4.79 Å². The van der Waals surface area contributed by atoms with Crippen LogP contribution < -0.4 is 23.8 Å². The molecule has 0 saturated heterocycles. The number of carbonyl (C=O) groups excluding carboxylic acids is 1. The van der Waals surface area contributed by atoms with Crippen molar-refractivity contribution in [1.29, 1.82) is 0 Å². The zero-order valence-corrected chi connectivity index (χ0v) is 16.5. The molecule has 29 heavy (non-hydrogen) atoms. The summed E-state index contributed by atoms with van der Waals surface area (Å²) >= 11 is 0. The maximum Gasteiger partial charge on any atom is 0.231 e. The number of ether oxygens (including phenoxy) is 6. The average Bonchev–Trinajstić information content (AvgIpc) is 3.25. The predicted molar refractivity (Wildman–Crippen MR) is 100 cm³/mol. The topological polar surface area (TPSA) is 102 Å². The Morgan fingerprint density at radius 3 is 2.21 bits per heavy atom. The van der Waals surface area contributed by atoms with E-state index in [0.717, 1.165) is 0 Å². The lowest BCUT2D eigenvalue weighted by Gasteiger charge is -2.26. The van der Waals surface area contributed by atoms with E-state index in [0.29, 0.717) is 34.1 Å². The molecule has 2 aromatic carbocycles. The molecule has 0 radical (unpaired) electrons. The van der Waals surface area contributed by atoms with E-state index in [1.165, 1.54) is 52.7 Å².